The second kappa shape index (κ2) is 7.44. The van der Waals surface area contributed by atoms with Crippen molar-refractivity contribution in [3.8, 4) is 0 Å². The van der Waals surface area contributed by atoms with E-state index in [1.165, 1.54) is 25.7 Å². The van der Waals surface area contributed by atoms with Crippen LogP contribution in [0.15, 0.2) is 4.99 Å². The molecular formula is C13H26IN3. The molecule has 2 aliphatic rings. The van der Waals surface area contributed by atoms with Gasteiger partial charge in [0, 0.05) is 19.6 Å². The Bertz CT molecular complexity index is 251. The van der Waals surface area contributed by atoms with Crippen molar-refractivity contribution in [2.75, 3.05) is 19.6 Å². The molecule has 2 unspecified atom stereocenters. The highest BCUT2D eigenvalue weighted by atomic mass is 127. The van der Waals surface area contributed by atoms with Gasteiger partial charge in [-0.1, -0.05) is 13.3 Å². The zero-order valence-electron chi connectivity index (χ0n) is 11.0. The largest absolute Gasteiger partial charge is 0.357 e. The lowest BCUT2D eigenvalue weighted by atomic mass is 9.86. The first-order chi connectivity index (χ1) is 7.79. The molecule has 0 bridgehead atoms. The van der Waals surface area contributed by atoms with Crippen LogP contribution in [0.2, 0.25) is 0 Å². The first-order valence-electron chi connectivity index (χ1n) is 6.81. The van der Waals surface area contributed by atoms with E-state index in [0.717, 1.165) is 43.3 Å². The number of halogens is 1. The van der Waals surface area contributed by atoms with Crippen LogP contribution >= 0.6 is 24.0 Å². The molecule has 2 atom stereocenters. The van der Waals surface area contributed by atoms with Crippen molar-refractivity contribution in [2.24, 2.45) is 22.7 Å². The van der Waals surface area contributed by atoms with Gasteiger partial charge >= 0.3 is 0 Å². The van der Waals surface area contributed by atoms with Gasteiger partial charge in [-0.3, -0.25) is 4.99 Å². The molecule has 2 rings (SSSR count). The van der Waals surface area contributed by atoms with Gasteiger partial charge in [0.1, 0.15) is 0 Å². The Morgan fingerprint density at radius 2 is 2.00 bits per heavy atom. The second-order valence-corrected chi connectivity index (χ2v) is 5.37. The van der Waals surface area contributed by atoms with E-state index < -0.39 is 0 Å². The van der Waals surface area contributed by atoms with Gasteiger partial charge in [-0.2, -0.15) is 0 Å². The molecule has 0 heterocycles. The van der Waals surface area contributed by atoms with Gasteiger partial charge in [0.25, 0.3) is 0 Å². The molecule has 0 spiro atoms. The molecule has 0 aromatic heterocycles. The van der Waals surface area contributed by atoms with Crippen molar-refractivity contribution in [3.63, 3.8) is 0 Å². The summed E-state index contributed by atoms with van der Waals surface area (Å²) in [5, 5.41) is 6.78. The number of nitrogens with zero attached hydrogens (tertiary/aromatic N) is 1. The highest BCUT2D eigenvalue weighted by molar-refractivity contribution is 14.0. The lowest BCUT2D eigenvalue weighted by Gasteiger charge is -2.23. The number of hydrogen-bond acceptors (Lipinski definition) is 1. The topological polar surface area (TPSA) is 36.4 Å². The van der Waals surface area contributed by atoms with Crippen LogP contribution in [0.1, 0.15) is 39.5 Å². The monoisotopic (exact) mass is 351 g/mol. The molecule has 2 aliphatic carbocycles. The molecule has 17 heavy (non-hydrogen) atoms. The number of nitrogens with one attached hydrogen (secondary N) is 2. The SMILES string of the molecule is CCNC(=NCC1CCC1)NCC1CC1C.I. The summed E-state index contributed by atoms with van der Waals surface area (Å²) in [7, 11) is 0. The molecule has 0 aliphatic heterocycles. The molecule has 0 aromatic carbocycles. The highest BCUT2D eigenvalue weighted by Gasteiger charge is 2.32. The summed E-state index contributed by atoms with van der Waals surface area (Å²) in [5.74, 6) is 3.68. The average molecular weight is 351 g/mol. The van der Waals surface area contributed by atoms with Gasteiger partial charge in [-0.15, -0.1) is 24.0 Å². The number of rotatable bonds is 5. The summed E-state index contributed by atoms with van der Waals surface area (Å²) in [6.45, 7) is 7.51. The van der Waals surface area contributed by atoms with Crippen molar-refractivity contribution in [1.29, 1.82) is 0 Å². The minimum Gasteiger partial charge on any atom is -0.357 e. The first kappa shape index (κ1) is 15.1. The molecule has 0 radical (unpaired) electrons. The third kappa shape index (κ3) is 5.02. The molecule has 3 nitrogen and oxygen atoms in total. The van der Waals surface area contributed by atoms with E-state index in [9.17, 15) is 0 Å². The Hall–Kier alpha value is 0. The van der Waals surface area contributed by atoms with Crippen LogP contribution in [-0.2, 0) is 0 Å². The zero-order valence-corrected chi connectivity index (χ0v) is 13.4. The number of aliphatic imine (C=N–C) groups is 1. The Morgan fingerprint density at radius 3 is 2.47 bits per heavy atom. The molecular weight excluding hydrogens is 325 g/mol. The van der Waals surface area contributed by atoms with Gasteiger partial charge in [0.05, 0.1) is 0 Å². The van der Waals surface area contributed by atoms with Crippen LogP contribution in [0, 0.1) is 17.8 Å². The van der Waals surface area contributed by atoms with Crippen molar-refractivity contribution in [2.45, 2.75) is 39.5 Å². The minimum absolute atomic E-state index is 0. The van der Waals surface area contributed by atoms with Gasteiger partial charge < -0.3 is 10.6 Å². The van der Waals surface area contributed by atoms with Crippen LogP contribution in [0.25, 0.3) is 0 Å². The summed E-state index contributed by atoms with van der Waals surface area (Å²) in [4.78, 5) is 4.65. The fourth-order valence-corrected chi connectivity index (χ4v) is 2.15. The standard InChI is InChI=1S/C13H25N3.HI/c1-3-14-13(15-8-11-5-4-6-11)16-9-12-7-10(12)2;/h10-12H,3-9H2,1-2H3,(H2,14,15,16);1H. The lowest BCUT2D eigenvalue weighted by molar-refractivity contribution is 0.325. The van der Waals surface area contributed by atoms with Gasteiger partial charge in [-0.25, -0.2) is 0 Å². The maximum atomic E-state index is 4.65. The van der Waals surface area contributed by atoms with E-state index in [1.54, 1.807) is 0 Å². The molecule has 0 amide bonds. The van der Waals surface area contributed by atoms with Crippen molar-refractivity contribution in [1.82, 2.24) is 10.6 Å². The van der Waals surface area contributed by atoms with Crippen LogP contribution in [0.5, 0.6) is 0 Å². The van der Waals surface area contributed by atoms with Crippen molar-refractivity contribution in [3.05, 3.63) is 0 Å². The van der Waals surface area contributed by atoms with E-state index in [1.807, 2.05) is 0 Å². The van der Waals surface area contributed by atoms with Crippen LogP contribution in [0.3, 0.4) is 0 Å². The molecule has 2 N–H and O–H groups in total. The smallest absolute Gasteiger partial charge is 0.191 e. The summed E-state index contributed by atoms with van der Waals surface area (Å²) in [6, 6.07) is 0. The van der Waals surface area contributed by atoms with E-state index in [2.05, 4.69) is 29.5 Å². The zero-order chi connectivity index (χ0) is 11.4. The minimum atomic E-state index is 0. The van der Waals surface area contributed by atoms with E-state index in [4.69, 9.17) is 0 Å². The summed E-state index contributed by atoms with van der Waals surface area (Å²) < 4.78 is 0. The lowest BCUT2D eigenvalue weighted by Crippen LogP contribution is -2.39. The maximum Gasteiger partial charge on any atom is 0.191 e. The van der Waals surface area contributed by atoms with Crippen LogP contribution in [0.4, 0.5) is 0 Å². The predicted octanol–water partition coefficient (Wildman–Crippen LogP) is 2.62. The molecule has 0 saturated heterocycles. The van der Waals surface area contributed by atoms with Gasteiger partial charge in [0.2, 0.25) is 0 Å². The Morgan fingerprint density at radius 1 is 1.29 bits per heavy atom. The summed E-state index contributed by atoms with van der Waals surface area (Å²) >= 11 is 0. The van der Waals surface area contributed by atoms with Crippen LogP contribution in [-0.4, -0.2) is 25.6 Å². The molecule has 0 aromatic rings. The van der Waals surface area contributed by atoms with Crippen molar-refractivity contribution >= 4 is 29.9 Å². The third-order valence-electron chi connectivity index (χ3n) is 3.88. The molecule has 100 valence electrons. The maximum absolute atomic E-state index is 4.65. The number of guanidine groups is 1. The Kier molecular flexibility index (Phi) is 6.59. The van der Waals surface area contributed by atoms with Gasteiger partial charge in [-0.05, 0) is 43.9 Å². The molecule has 2 saturated carbocycles. The normalized spacial score (nSPS) is 28.0. The summed E-state index contributed by atoms with van der Waals surface area (Å²) in [6.07, 6.45) is 5.55. The average Bonchev–Trinajstić information content (AvgIpc) is 2.88. The Balaban J connectivity index is 0.00000144. The highest BCUT2D eigenvalue weighted by Crippen LogP contribution is 2.36. The fraction of sp³-hybridized carbons (Fsp3) is 0.923. The van der Waals surface area contributed by atoms with E-state index in [0.29, 0.717) is 0 Å². The Labute approximate surface area is 122 Å². The van der Waals surface area contributed by atoms with Crippen molar-refractivity contribution < 1.29 is 0 Å². The van der Waals surface area contributed by atoms with E-state index >= 15 is 0 Å². The third-order valence-corrected chi connectivity index (χ3v) is 3.88. The second-order valence-electron chi connectivity index (χ2n) is 5.37. The molecule has 2 fully saturated rings. The van der Waals surface area contributed by atoms with E-state index in [-0.39, 0.29) is 24.0 Å². The number of hydrogen-bond donors (Lipinski definition) is 2. The van der Waals surface area contributed by atoms with Gasteiger partial charge in [0.15, 0.2) is 5.96 Å². The predicted molar refractivity (Wildman–Crippen MR) is 84.0 cm³/mol. The summed E-state index contributed by atoms with van der Waals surface area (Å²) in [5.41, 5.74) is 0. The molecule has 4 heteroatoms. The first-order valence-corrected chi connectivity index (χ1v) is 6.81. The van der Waals surface area contributed by atoms with Crippen LogP contribution < -0.4 is 10.6 Å². The quantitative estimate of drug-likeness (QED) is 0.454. The fourth-order valence-electron chi connectivity index (χ4n) is 2.15.